The number of halogens is 2. The zero-order valence-corrected chi connectivity index (χ0v) is 14.9. The fourth-order valence-electron chi connectivity index (χ4n) is 1.73. The Morgan fingerprint density at radius 1 is 1.14 bits per heavy atom. The van der Waals surface area contributed by atoms with Gasteiger partial charge in [-0.3, -0.25) is 4.79 Å². The molecule has 3 nitrogen and oxygen atoms in total. The van der Waals surface area contributed by atoms with Gasteiger partial charge in [-0.15, -0.1) is 0 Å². The zero-order chi connectivity index (χ0) is 15.4. The molecule has 21 heavy (non-hydrogen) atoms. The minimum absolute atomic E-state index is 0.192. The molecule has 1 amide bonds. The first kappa shape index (κ1) is 16.0. The van der Waals surface area contributed by atoms with E-state index in [4.69, 9.17) is 4.74 Å². The second kappa shape index (κ2) is 7.09. The molecule has 2 aromatic rings. The number of aryl methyl sites for hydroxylation is 1. The first-order valence-corrected chi connectivity index (χ1v) is 8.03. The lowest BCUT2D eigenvalue weighted by molar-refractivity contribution is -0.122. The summed E-state index contributed by atoms with van der Waals surface area (Å²) < 4.78 is 7.44. The third-order valence-electron chi connectivity index (χ3n) is 2.88. The predicted molar refractivity (Wildman–Crippen MR) is 91.7 cm³/mol. The van der Waals surface area contributed by atoms with Gasteiger partial charge in [0.05, 0.1) is 5.69 Å². The summed E-state index contributed by atoms with van der Waals surface area (Å²) in [5.74, 6) is 0.464. The standard InChI is InChI=1S/C16H15Br2NO2/c1-10-3-8-15(14(18)9-10)19-16(20)11(2)21-13-6-4-12(17)5-7-13/h3-9,11H,1-2H3,(H,19,20). The van der Waals surface area contributed by atoms with Gasteiger partial charge in [0.15, 0.2) is 6.10 Å². The van der Waals surface area contributed by atoms with Crippen molar-refractivity contribution in [2.24, 2.45) is 0 Å². The molecule has 0 spiro atoms. The Morgan fingerprint density at radius 2 is 1.81 bits per heavy atom. The molecule has 0 fully saturated rings. The lowest BCUT2D eigenvalue weighted by Gasteiger charge is -2.15. The van der Waals surface area contributed by atoms with E-state index in [1.54, 1.807) is 6.92 Å². The minimum Gasteiger partial charge on any atom is -0.481 e. The van der Waals surface area contributed by atoms with Gasteiger partial charge < -0.3 is 10.1 Å². The van der Waals surface area contributed by atoms with Crippen molar-refractivity contribution in [2.75, 3.05) is 5.32 Å². The van der Waals surface area contributed by atoms with Crippen LogP contribution in [0.1, 0.15) is 12.5 Å². The van der Waals surface area contributed by atoms with Crippen molar-refractivity contribution in [1.82, 2.24) is 0 Å². The van der Waals surface area contributed by atoms with Gasteiger partial charge in [0.25, 0.3) is 5.91 Å². The summed E-state index contributed by atoms with van der Waals surface area (Å²) in [5, 5.41) is 2.85. The average molecular weight is 413 g/mol. The van der Waals surface area contributed by atoms with E-state index in [-0.39, 0.29) is 5.91 Å². The molecule has 1 N–H and O–H groups in total. The molecule has 0 radical (unpaired) electrons. The van der Waals surface area contributed by atoms with Crippen molar-refractivity contribution in [3.05, 3.63) is 57.0 Å². The second-order valence-electron chi connectivity index (χ2n) is 4.69. The molecule has 5 heteroatoms. The topological polar surface area (TPSA) is 38.3 Å². The number of carbonyl (C=O) groups excluding carboxylic acids is 1. The molecule has 0 aliphatic carbocycles. The quantitative estimate of drug-likeness (QED) is 0.773. The first-order valence-electron chi connectivity index (χ1n) is 6.45. The molecule has 0 saturated heterocycles. The summed E-state index contributed by atoms with van der Waals surface area (Å²) in [5.41, 5.74) is 1.86. The number of rotatable bonds is 4. The lowest BCUT2D eigenvalue weighted by Crippen LogP contribution is -2.30. The van der Waals surface area contributed by atoms with Crippen LogP contribution in [0, 0.1) is 6.92 Å². The molecular weight excluding hydrogens is 398 g/mol. The molecule has 1 atom stereocenters. The van der Waals surface area contributed by atoms with E-state index < -0.39 is 6.10 Å². The molecule has 0 aromatic heterocycles. The molecular formula is C16H15Br2NO2. The maximum Gasteiger partial charge on any atom is 0.265 e. The number of benzene rings is 2. The minimum atomic E-state index is -0.584. The van der Waals surface area contributed by atoms with Crippen LogP contribution in [0.15, 0.2) is 51.4 Å². The summed E-state index contributed by atoms with van der Waals surface area (Å²) in [6.07, 6.45) is -0.584. The van der Waals surface area contributed by atoms with Gasteiger partial charge in [-0.05, 0) is 71.7 Å². The van der Waals surface area contributed by atoms with Crippen LogP contribution in [0.2, 0.25) is 0 Å². The molecule has 0 heterocycles. The second-order valence-corrected chi connectivity index (χ2v) is 6.46. The number of amides is 1. The van der Waals surface area contributed by atoms with Crippen LogP contribution in [-0.4, -0.2) is 12.0 Å². The number of nitrogens with one attached hydrogen (secondary N) is 1. The maximum atomic E-state index is 12.2. The average Bonchev–Trinajstić information content (AvgIpc) is 2.44. The van der Waals surface area contributed by atoms with Gasteiger partial charge in [-0.2, -0.15) is 0 Å². The maximum absolute atomic E-state index is 12.2. The number of carbonyl (C=O) groups is 1. The van der Waals surface area contributed by atoms with Crippen molar-refractivity contribution in [3.63, 3.8) is 0 Å². The molecule has 1 unspecified atom stereocenters. The van der Waals surface area contributed by atoms with Crippen molar-refractivity contribution < 1.29 is 9.53 Å². The predicted octanol–water partition coefficient (Wildman–Crippen LogP) is 4.93. The van der Waals surface area contributed by atoms with E-state index in [9.17, 15) is 4.79 Å². The molecule has 2 aromatic carbocycles. The summed E-state index contributed by atoms with van der Waals surface area (Å²) in [6, 6.07) is 13.1. The summed E-state index contributed by atoms with van der Waals surface area (Å²) in [4.78, 5) is 12.2. The fourth-order valence-corrected chi connectivity index (χ4v) is 2.58. The van der Waals surface area contributed by atoms with E-state index in [2.05, 4.69) is 37.2 Å². The van der Waals surface area contributed by atoms with Crippen molar-refractivity contribution in [1.29, 1.82) is 0 Å². The smallest absolute Gasteiger partial charge is 0.265 e. The molecule has 110 valence electrons. The van der Waals surface area contributed by atoms with Crippen LogP contribution >= 0.6 is 31.9 Å². The van der Waals surface area contributed by atoms with Gasteiger partial charge in [0.1, 0.15) is 5.75 Å². The van der Waals surface area contributed by atoms with Gasteiger partial charge in [-0.1, -0.05) is 22.0 Å². The third-order valence-corrected chi connectivity index (χ3v) is 4.06. The van der Waals surface area contributed by atoms with Crippen LogP contribution in [0.4, 0.5) is 5.69 Å². The van der Waals surface area contributed by atoms with E-state index >= 15 is 0 Å². The van der Waals surface area contributed by atoms with Gasteiger partial charge in [0, 0.05) is 8.95 Å². The third kappa shape index (κ3) is 4.58. The van der Waals surface area contributed by atoms with Crippen LogP contribution in [0.25, 0.3) is 0 Å². The zero-order valence-electron chi connectivity index (χ0n) is 11.7. The lowest BCUT2D eigenvalue weighted by atomic mass is 10.2. The fraction of sp³-hybridized carbons (Fsp3) is 0.188. The van der Waals surface area contributed by atoms with Gasteiger partial charge >= 0.3 is 0 Å². The monoisotopic (exact) mass is 411 g/mol. The Labute approximate surface area is 141 Å². The van der Waals surface area contributed by atoms with E-state index in [1.165, 1.54) is 0 Å². The highest BCUT2D eigenvalue weighted by Crippen LogP contribution is 2.24. The molecule has 0 saturated carbocycles. The van der Waals surface area contributed by atoms with Crippen LogP contribution < -0.4 is 10.1 Å². The molecule has 0 bridgehead atoms. The summed E-state index contributed by atoms with van der Waals surface area (Å²) >= 11 is 6.80. The van der Waals surface area contributed by atoms with Crippen molar-refractivity contribution >= 4 is 43.5 Å². The van der Waals surface area contributed by atoms with Gasteiger partial charge in [-0.25, -0.2) is 0 Å². The Hall–Kier alpha value is -1.33. The largest absolute Gasteiger partial charge is 0.481 e. The highest BCUT2D eigenvalue weighted by molar-refractivity contribution is 9.10. The summed E-state index contributed by atoms with van der Waals surface area (Å²) in [6.45, 7) is 3.72. The Kier molecular flexibility index (Phi) is 5.42. The highest BCUT2D eigenvalue weighted by atomic mass is 79.9. The summed E-state index contributed by atoms with van der Waals surface area (Å²) in [7, 11) is 0. The Balaban J connectivity index is 2.00. The van der Waals surface area contributed by atoms with E-state index in [0.29, 0.717) is 5.75 Å². The molecule has 0 aliphatic rings. The normalized spacial score (nSPS) is 11.8. The Bertz CT molecular complexity index is 641. The highest BCUT2D eigenvalue weighted by Gasteiger charge is 2.16. The number of hydrogen-bond donors (Lipinski definition) is 1. The SMILES string of the molecule is Cc1ccc(NC(=O)C(C)Oc2ccc(Br)cc2)c(Br)c1. The number of ether oxygens (including phenoxy) is 1. The van der Waals surface area contributed by atoms with Crippen LogP contribution in [-0.2, 0) is 4.79 Å². The molecule has 2 rings (SSSR count). The van der Waals surface area contributed by atoms with E-state index in [1.807, 2.05) is 49.4 Å². The Morgan fingerprint density at radius 3 is 2.43 bits per heavy atom. The van der Waals surface area contributed by atoms with Crippen molar-refractivity contribution in [2.45, 2.75) is 20.0 Å². The van der Waals surface area contributed by atoms with E-state index in [0.717, 1.165) is 20.2 Å². The van der Waals surface area contributed by atoms with Gasteiger partial charge in [0.2, 0.25) is 0 Å². The first-order chi connectivity index (χ1) is 9.95. The van der Waals surface area contributed by atoms with Crippen LogP contribution in [0.5, 0.6) is 5.75 Å². The molecule has 0 aliphatic heterocycles. The van der Waals surface area contributed by atoms with Crippen LogP contribution in [0.3, 0.4) is 0 Å². The number of anilines is 1. The van der Waals surface area contributed by atoms with Crippen molar-refractivity contribution in [3.8, 4) is 5.75 Å². The number of hydrogen-bond acceptors (Lipinski definition) is 2.